The second kappa shape index (κ2) is 9.05. The molecule has 1 aliphatic heterocycles. The molecule has 0 spiro atoms. The van der Waals surface area contributed by atoms with Crippen molar-refractivity contribution < 1.29 is 0 Å². The molecule has 1 aromatic heterocycles. The molecule has 0 aliphatic carbocycles. The first kappa shape index (κ1) is 18.7. The van der Waals surface area contributed by atoms with Gasteiger partial charge in [-0.25, -0.2) is 0 Å². The quantitative estimate of drug-likeness (QED) is 0.418. The lowest BCUT2D eigenvalue weighted by atomic mass is 10.1. The number of hydrogen-bond acceptors (Lipinski definition) is 3. The summed E-state index contributed by atoms with van der Waals surface area (Å²) in [5, 5.41) is 2.16. The van der Waals surface area contributed by atoms with Gasteiger partial charge in [0, 0.05) is 58.9 Å². The Balaban J connectivity index is 1.18. The molecule has 142 valence electrons. The van der Waals surface area contributed by atoms with Crippen molar-refractivity contribution in [3.63, 3.8) is 0 Å². The van der Waals surface area contributed by atoms with E-state index in [0.29, 0.717) is 0 Å². The average Bonchev–Trinajstić information content (AvgIpc) is 3.17. The van der Waals surface area contributed by atoms with Gasteiger partial charge in [0.25, 0.3) is 0 Å². The summed E-state index contributed by atoms with van der Waals surface area (Å²) in [6, 6.07) is 16.9. The van der Waals surface area contributed by atoms with Crippen molar-refractivity contribution in [1.82, 2.24) is 9.88 Å². The summed E-state index contributed by atoms with van der Waals surface area (Å²) >= 11 is 7.95. The summed E-state index contributed by atoms with van der Waals surface area (Å²) in [5.74, 6) is 1.16. The maximum atomic E-state index is 6.04. The summed E-state index contributed by atoms with van der Waals surface area (Å²) in [7, 11) is 0. The van der Waals surface area contributed by atoms with Crippen LogP contribution in [0.25, 0.3) is 10.9 Å². The lowest BCUT2D eigenvalue weighted by Crippen LogP contribution is -2.46. The van der Waals surface area contributed by atoms with Gasteiger partial charge in [0.1, 0.15) is 0 Å². The molecule has 3 aromatic rings. The number of aromatic amines is 1. The van der Waals surface area contributed by atoms with Gasteiger partial charge in [0.2, 0.25) is 0 Å². The monoisotopic (exact) mass is 399 g/mol. The molecule has 2 heterocycles. The summed E-state index contributed by atoms with van der Waals surface area (Å²) in [6.45, 7) is 5.74. The van der Waals surface area contributed by atoms with Gasteiger partial charge in [-0.2, -0.15) is 0 Å². The van der Waals surface area contributed by atoms with Gasteiger partial charge < -0.3 is 9.88 Å². The van der Waals surface area contributed by atoms with Gasteiger partial charge in [-0.1, -0.05) is 23.7 Å². The average molecular weight is 400 g/mol. The standard InChI is InChI=1S/C22H26ClN3S/c23-18-5-3-6-19(17-18)27-16-2-1-11-25-12-14-26(15-13-25)22-8-4-7-21-20(22)9-10-24-21/h3-10,17,24H,1-2,11-16H2. The number of nitrogens with zero attached hydrogens (tertiary/aromatic N) is 2. The van der Waals surface area contributed by atoms with Crippen molar-refractivity contribution in [2.24, 2.45) is 0 Å². The Hall–Kier alpha value is -1.62. The van der Waals surface area contributed by atoms with Crippen LogP contribution in [0.2, 0.25) is 5.02 Å². The maximum Gasteiger partial charge on any atom is 0.0474 e. The Bertz CT molecular complexity index is 871. The Morgan fingerprint density at radius 1 is 0.963 bits per heavy atom. The first-order valence-electron chi connectivity index (χ1n) is 9.71. The molecule has 27 heavy (non-hydrogen) atoms. The van der Waals surface area contributed by atoms with Gasteiger partial charge in [0.15, 0.2) is 0 Å². The fraction of sp³-hybridized carbons (Fsp3) is 0.364. The lowest BCUT2D eigenvalue weighted by molar-refractivity contribution is 0.254. The van der Waals surface area contributed by atoms with E-state index in [1.54, 1.807) is 0 Å². The molecule has 2 aromatic carbocycles. The second-order valence-corrected chi connectivity index (χ2v) is 8.66. The van der Waals surface area contributed by atoms with E-state index in [2.05, 4.69) is 51.2 Å². The summed E-state index contributed by atoms with van der Waals surface area (Å²) in [6.07, 6.45) is 4.55. The van der Waals surface area contributed by atoms with E-state index < -0.39 is 0 Å². The van der Waals surface area contributed by atoms with Gasteiger partial charge >= 0.3 is 0 Å². The van der Waals surface area contributed by atoms with E-state index in [-0.39, 0.29) is 0 Å². The molecular formula is C22H26ClN3S. The lowest BCUT2D eigenvalue weighted by Gasteiger charge is -2.36. The predicted molar refractivity (Wildman–Crippen MR) is 118 cm³/mol. The number of hydrogen-bond donors (Lipinski definition) is 1. The predicted octanol–water partition coefficient (Wildman–Crippen LogP) is 5.52. The normalized spacial score (nSPS) is 15.5. The van der Waals surface area contributed by atoms with Crippen LogP contribution < -0.4 is 4.90 Å². The summed E-state index contributed by atoms with van der Waals surface area (Å²) in [4.78, 5) is 9.73. The van der Waals surface area contributed by atoms with Crippen LogP contribution in [-0.2, 0) is 0 Å². The fourth-order valence-electron chi connectivity index (χ4n) is 3.74. The van der Waals surface area contributed by atoms with Crippen LogP contribution in [0, 0.1) is 0 Å². The van der Waals surface area contributed by atoms with Crippen molar-refractivity contribution in [3.05, 3.63) is 59.8 Å². The topological polar surface area (TPSA) is 22.3 Å². The second-order valence-electron chi connectivity index (χ2n) is 7.06. The highest BCUT2D eigenvalue weighted by molar-refractivity contribution is 7.99. The van der Waals surface area contributed by atoms with Crippen LogP contribution in [0.1, 0.15) is 12.8 Å². The molecule has 0 radical (unpaired) electrons. The highest BCUT2D eigenvalue weighted by Gasteiger charge is 2.18. The van der Waals surface area contributed by atoms with Crippen LogP contribution in [0.5, 0.6) is 0 Å². The molecule has 0 saturated carbocycles. The number of fused-ring (bicyclic) bond motifs is 1. The number of halogens is 1. The molecular weight excluding hydrogens is 374 g/mol. The van der Waals surface area contributed by atoms with E-state index in [9.17, 15) is 0 Å². The van der Waals surface area contributed by atoms with E-state index >= 15 is 0 Å². The van der Waals surface area contributed by atoms with Crippen LogP contribution in [-0.4, -0.2) is 48.4 Å². The van der Waals surface area contributed by atoms with Gasteiger partial charge in [-0.05, 0) is 61.5 Å². The number of aromatic nitrogens is 1. The zero-order valence-electron chi connectivity index (χ0n) is 15.5. The number of H-pyrrole nitrogens is 1. The minimum atomic E-state index is 0.827. The molecule has 5 heteroatoms. The molecule has 0 bridgehead atoms. The van der Waals surface area contributed by atoms with Gasteiger partial charge in [-0.15, -0.1) is 11.8 Å². The van der Waals surface area contributed by atoms with Gasteiger partial charge in [0.05, 0.1) is 0 Å². The van der Waals surface area contributed by atoms with E-state index in [1.165, 1.54) is 40.9 Å². The number of nitrogens with one attached hydrogen (secondary N) is 1. The number of benzene rings is 2. The Morgan fingerprint density at radius 3 is 2.67 bits per heavy atom. The van der Waals surface area contributed by atoms with Crippen LogP contribution in [0.15, 0.2) is 59.6 Å². The third-order valence-corrected chi connectivity index (χ3v) is 6.53. The first-order chi connectivity index (χ1) is 13.3. The maximum absolute atomic E-state index is 6.04. The number of anilines is 1. The molecule has 1 saturated heterocycles. The molecule has 1 fully saturated rings. The Morgan fingerprint density at radius 2 is 1.81 bits per heavy atom. The van der Waals surface area contributed by atoms with Crippen LogP contribution in [0.4, 0.5) is 5.69 Å². The van der Waals surface area contributed by atoms with Crippen LogP contribution >= 0.6 is 23.4 Å². The SMILES string of the molecule is Clc1cccc(SCCCCN2CCN(c3cccc4[nH]ccc34)CC2)c1. The molecule has 4 rings (SSSR count). The zero-order chi connectivity index (χ0) is 18.5. The van der Waals surface area contributed by atoms with Crippen molar-refractivity contribution in [2.45, 2.75) is 17.7 Å². The Kier molecular flexibility index (Phi) is 6.28. The van der Waals surface area contributed by atoms with Crippen LogP contribution in [0.3, 0.4) is 0 Å². The highest BCUT2D eigenvalue weighted by atomic mass is 35.5. The molecule has 0 atom stereocenters. The minimum Gasteiger partial charge on any atom is -0.368 e. The molecule has 1 aliphatic rings. The van der Waals surface area contributed by atoms with E-state index in [4.69, 9.17) is 11.6 Å². The third-order valence-electron chi connectivity index (χ3n) is 5.22. The van der Waals surface area contributed by atoms with Crippen molar-refractivity contribution >= 4 is 40.0 Å². The fourth-order valence-corrected chi connectivity index (χ4v) is 4.97. The molecule has 0 unspecified atom stereocenters. The highest BCUT2D eigenvalue weighted by Crippen LogP contribution is 2.27. The zero-order valence-corrected chi connectivity index (χ0v) is 17.1. The number of piperazine rings is 1. The van der Waals surface area contributed by atoms with Gasteiger partial charge in [-0.3, -0.25) is 4.90 Å². The third kappa shape index (κ3) is 4.81. The van der Waals surface area contributed by atoms with Crippen molar-refractivity contribution in [3.8, 4) is 0 Å². The molecule has 1 N–H and O–H groups in total. The van der Waals surface area contributed by atoms with Crippen molar-refractivity contribution in [1.29, 1.82) is 0 Å². The summed E-state index contributed by atoms with van der Waals surface area (Å²) < 4.78 is 0. The summed E-state index contributed by atoms with van der Waals surface area (Å²) in [5.41, 5.74) is 2.60. The molecule has 0 amide bonds. The first-order valence-corrected chi connectivity index (χ1v) is 11.1. The smallest absolute Gasteiger partial charge is 0.0474 e. The van der Waals surface area contributed by atoms with E-state index in [1.807, 2.05) is 30.1 Å². The molecule has 3 nitrogen and oxygen atoms in total. The van der Waals surface area contributed by atoms with Crippen molar-refractivity contribution in [2.75, 3.05) is 43.4 Å². The van der Waals surface area contributed by atoms with E-state index in [0.717, 1.165) is 37.0 Å². The number of thioether (sulfide) groups is 1. The number of unbranched alkanes of at least 4 members (excludes halogenated alkanes) is 1. The largest absolute Gasteiger partial charge is 0.368 e. The number of rotatable bonds is 7. The Labute approximate surface area is 170 Å². The minimum absolute atomic E-state index is 0.827.